The maximum atomic E-state index is 4.83. The first kappa shape index (κ1) is 17.1. The SMILES string of the molecule is C1CCCC1.[CH-]1CCCC1.[Cl][Hg+].[Fe]. The van der Waals surface area contributed by atoms with Crippen molar-refractivity contribution >= 4 is 8.25 Å². The van der Waals surface area contributed by atoms with Crippen LogP contribution >= 0.6 is 8.25 Å². The van der Waals surface area contributed by atoms with Gasteiger partial charge in [-0.3, -0.25) is 0 Å². The predicted molar refractivity (Wildman–Crippen MR) is 51.7 cm³/mol. The van der Waals surface area contributed by atoms with Gasteiger partial charge in [-0.15, -0.1) is 0 Å². The molecule has 0 saturated heterocycles. The first-order valence-corrected chi connectivity index (χ1v) is 11.9. The summed E-state index contributed by atoms with van der Waals surface area (Å²) in [7, 11) is 4.83. The van der Waals surface area contributed by atoms with E-state index in [9.17, 15) is 0 Å². The molecule has 0 aromatic carbocycles. The van der Waals surface area contributed by atoms with Crippen LogP contribution in [0.5, 0.6) is 0 Å². The topological polar surface area (TPSA) is 0 Å². The molecule has 76 valence electrons. The Balaban J connectivity index is 0. The third kappa shape index (κ3) is 13.7. The Hall–Kier alpha value is 1.74. The molecule has 0 radical (unpaired) electrons. The van der Waals surface area contributed by atoms with Crippen LogP contribution in [0.25, 0.3) is 0 Å². The molecule has 2 aliphatic carbocycles. The Bertz CT molecular complexity index is 48.1. The zero-order valence-electron chi connectivity index (χ0n) is 8.38. The molecule has 0 spiro atoms. The summed E-state index contributed by atoms with van der Waals surface area (Å²) in [6.45, 7) is 0. The molecular formula is C10H19ClFeHg. The van der Waals surface area contributed by atoms with Gasteiger partial charge in [-0.25, -0.2) is 0 Å². The van der Waals surface area contributed by atoms with Crippen LogP contribution < -0.4 is 0 Å². The van der Waals surface area contributed by atoms with Crippen LogP contribution in [0.3, 0.4) is 0 Å². The molecule has 0 atom stereocenters. The maximum absolute atomic E-state index is 4.83. The summed E-state index contributed by atoms with van der Waals surface area (Å²) in [5, 5.41) is 0. The van der Waals surface area contributed by atoms with Gasteiger partial charge in [0.2, 0.25) is 0 Å². The molecule has 0 unspecified atom stereocenters. The van der Waals surface area contributed by atoms with E-state index in [1.54, 1.807) is 0 Å². The molecule has 0 amide bonds. The fourth-order valence-electron chi connectivity index (χ4n) is 1.61. The van der Waals surface area contributed by atoms with Gasteiger partial charge in [0.1, 0.15) is 0 Å². The Morgan fingerprint density at radius 1 is 0.692 bits per heavy atom. The van der Waals surface area contributed by atoms with Crippen molar-refractivity contribution in [3.8, 4) is 0 Å². The minimum atomic E-state index is 0. The van der Waals surface area contributed by atoms with Crippen LogP contribution in [-0.4, -0.2) is 0 Å². The fourth-order valence-corrected chi connectivity index (χ4v) is 1.61. The van der Waals surface area contributed by atoms with Crippen LogP contribution in [0, 0.1) is 6.42 Å². The number of hydrogen-bond donors (Lipinski definition) is 0. The van der Waals surface area contributed by atoms with Gasteiger partial charge in [0.15, 0.2) is 0 Å². The monoisotopic (exact) mass is 432 g/mol. The minimum absolute atomic E-state index is 0. The van der Waals surface area contributed by atoms with E-state index in [2.05, 4.69) is 6.42 Å². The van der Waals surface area contributed by atoms with Gasteiger partial charge < -0.3 is 6.42 Å². The van der Waals surface area contributed by atoms with Crippen molar-refractivity contribution in [2.75, 3.05) is 0 Å². The Morgan fingerprint density at radius 3 is 1.15 bits per heavy atom. The summed E-state index contributed by atoms with van der Waals surface area (Å²) in [4.78, 5) is 0. The summed E-state index contributed by atoms with van der Waals surface area (Å²) < 4.78 is 0. The Kier molecular flexibility index (Phi) is 21.4. The first-order chi connectivity index (χ1) is 6.00. The molecule has 2 aliphatic rings. The summed E-state index contributed by atoms with van der Waals surface area (Å²) in [5.74, 6) is 0. The van der Waals surface area contributed by atoms with Gasteiger partial charge in [0, 0.05) is 17.1 Å². The van der Waals surface area contributed by atoms with Crippen molar-refractivity contribution in [1.29, 1.82) is 0 Å². The predicted octanol–water partition coefficient (Wildman–Crippen LogP) is 4.40. The molecule has 0 nitrogen and oxygen atoms in total. The molecular weight excluding hydrogens is 412 g/mol. The zero-order valence-corrected chi connectivity index (χ0v) is 15.7. The van der Waals surface area contributed by atoms with E-state index in [4.69, 9.17) is 8.25 Å². The average molecular weight is 431 g/mol. The van der Waals surface area contributed by atoms with Gasteiger partial charge in [0.05, 0.1) is 0 Å². The maximum Gasteiger partial charge on any atom is 0 e. The standard InChI is InChI=1S/C5H10.C5H9.ClH.Fe.Hg/c2*1-2-4-5-3-1;;;/h1-5H2;1H,2-5H2;1H;;/q;-1;;;+2/p-1. The van der Waals surface area contributed by atoms with Crippen molar-refractivity contribution in [2.24, 2.45) is 0 Å². The quantitative estimate of drug-likeness (QED) is 0.394. The minimum Gasteiger partial charge on any atom is 0 e. The molecule has 3 heteroatoms. The largest absolute Gasteiger partial charge is 0 e. The second-order valence-electron chi connectivity index (χ2n) is 3.34. The third-order valence-electron chi connectivity index (χ3n) is 2.32. The second-order valence-corrected chi connectivity index (χ2v) is 3.34. The molecule has 2 saturated carbocycles. The molecule has 0 N–H and O–H groups in total. The molecule has 0 aromatic rings. The van der Waals surface area contributed by atoms with Crippen LogP contribution in [-0.2, 0) is 42.0 Å². The van der Waals surface area contributed by atoms with Crippen LogP contribution in [0.1, 0.15) is 57.8 Å². The van der Waals surface area contributed by atoms with Gasteiger partial charge in [0.25, 0.3) is 0 Å². The third-order valence-corrected chi connectivity index (χ3v) is 2.32. The second kappa shape index (κ2) is 16.2. The molecule has 0 heterocycles. The van der Waals surface area contributed by atoms with E-state index in [1.165, 1.54) is 57.8 Å². The summed E-state index contributed by atoms with van der Waals surface area (Å²) in [6.07, 6.45) is 15.5. The van der Waals surface area contributed by atoms with Gasteiger partial charge in [-0.05, 0) is 0 Å². The van der Waals surface area contributed by atoms with Crippen molar-refractivity contribution in [1.82, 2.24) is 0 Å². The summed E-state index contributed by atoms with van der Waals surface area (Å²) in [5.41, 5.74) is 0. The number of hydrogen-bond acceptors (Lipinski definition) is 0. The normalized spacial score (nSPS) is 19.0. The fraction of sp³-hybridized carbons (Fsp3) is 0.900. The van der Waals surface area contributed by atoms with E-state index in [0.29, 0.717) is 24.9 Å². The van der Waals surface area contributed by atoms with Crippen LogP contribution in [0.2, 0.25) is 0 Å². The Morgan fingerprint density at radius 2 is 1.00 bits per heavy atom. The van der Waals surface area contributed by atoms with Crippen molar-refractivity contribution in [3.05, 3.63) is 6.42 Å². The molecule has 0 aliphatic heterocycles. The van der Waals surface area contributed by atoms with Gasteiger partial charge >= 0.3 is 33.1 Å². The molecule has 13 heavy (non-hydrogen) atoms. The van der Waals surface area contributed by atoms with Crippen LogP contribution in [0.4, 0.5) is 0 Å². The van der Waals surface area contributed by atoms with Gasteiger partial charge in [-0.2, -0.15) is 12.8 Å². The van der Waals surface area contributed by atoms with E-state index in [1.807, 2.05) is 0 Å². The van der Waals surface area contributed by atoms with Gasteiger partial charge in [-0.1, -0.05) is 44.9 Å². The van der Waals surface area contributed by atoms with E-state index >= 15 is 0 Å². The van der Waals surface area contributed by atoms with Crippen molar-refractivity contribution in [3.63, 3.8) is 0 Å². The van der Waals surface area contributed by atoms with Crippen molar-refractivity contribution < 1.29 is 42.0 Å². The van der Waals surface area contributed by atoms with E-state index < -0.39 is 0 Å². The molecule has 2 fully saturated rings. The summed E-state index contributed by atoms with van der Waals surface area (Å²) >= 11 is 0.500. The molecule has 0 bridgehead atoms. The van der Waals surface area contributed by atoms with E-state index in [-0.39, 0.29) is 17.1 Å². The first-order valence-electron chi connectivity index (χ1n) is 5.08. The number of halogens is 1. The van der Waals surface area contributed by atoms with Crippen molar-refractivity contribution in [2.45, 2.75) is 57.8 Å². The van der Waals surface area contributed by atoms with Crippen LogP contribution in [0.15, 0.2) is 0 Å². The van der Waals surface area contributed by atoms with E-state index in [0.717, 1.165) is 0 Å². The zero-order chi connectivity index (χ0) is 9.07. The number of rotatable bonds is 0. The summed E-state index contributed by atoms with van der Waals surface area (Å²) in [6, 6.07) is 0. The molecule has 0 aromatic heterocycles. The average Bonchev–Trinajstić information content (AvgIpc) is 2.87. The smallest absolute Gasteiger partial charge is 0 e. The molecule has 2 rings (SSSR count). The Labute approximate surface area is 113 Å².